The number of carbonyl (C=O) groups excluding carboxylic acids is 1. The van der Waals surface area contributed by atoms with Crippen LogP contribution in [0.15, 0.2) is 48.2 Å². The number of aromatic nitrogens is 3. The normalized spacial score (nSPS) is 20.2. The summed E-state index contributed by atoms with van der Waals surface area (Å²) >= 11 is 6.85. The van der Waals surface area contributed by atoms with Gasteiger partial charge in [0.2, 0.25) is 12.3 Å². The SMILES string of the molecule is C=CC(=O)N1C(C)CN(C2=NC(O)N(c3c(C(C)C)ncnc3C(C)C)c3nc(-c4c(N)cccc4F)c(Cl)cc32)CC1C. The highest BCUT2D eigenvalue weighted by Gasteiger charge is 2.40. The molecule has 10 nitrogen and oxygen atoms in total. The summed E-state index contributed by atoms with van der Waals surface area (Å²) in [5.74, 6) is -0.00570. The van der Waals surface area contributed by atoms with Crippen molar-refractivity contribution in [1.82, 2.24) is 24.8 Å². The molecule has 0 aliphatic carbocycles. The number of aliphatic hydroxyl groups excluding tert-OH is 1. The number of amides is 1. The van der Waals surface area contributed by atoms with Gasteiger partial charge < -0.3 is 20.6 Å². The van der Waals surface area contributed by atoms with Crippen molar-refractivity contribution in [2.24, 2.45) is 4.99 Å². The molecule has 0 bridgehead atoms. The Bertz CT molecular complexity index is 1590. The van der Waals surface area contributed by atoms with E-state index in [1.165, 1.54) is 24.5 Å². The van der Waals surface area contributed by atoms with Crippen molar-refractivity contribution in [3.05, 3.63) is 71.0 Å². The quantitative estimate of drug-likeness (QED) is 0.285. The van der Waals surface area contributed by atoms with Crippen molar-refractivity contribution in [2.45, 2.75) is 71.8 Å². The molecule has 2 aliphatic rings. The maximum atomic E-state index is 15.2. The van der Waals surface area contributed by atoms with Gasteiger partial charge in [0.15, 0.2) is 0 Å². The first kappa shape index (κ1) is 31.3. The van der Waals surface area contributed by atoms with Crippen LogP contribution in [-0.4, -0.2) is 73.1 Å². The first-order valence-electron chi connectivity index (χ1n) is 14.7. The summed E-state index contributed by atoms with van der Waals surface area (Å²) in [5.41, 5.74) is 9.13. The highest BCUT2D eigenvalue weighted by Crippen LogP contribution is 2.44. The van der Waals surface area contributed by atoms with E-state index in [1.807, 2.05) is 46.4 Å². The van der Waals surface area contributed by atoms with Crippen molar-refractivity contribution in [2.75, 3.05) is 23.7 Å². The van der Waals surface area contributed by atoms with Crippen molar-refractivity contribution in [3.8, 4) is 11.3 Å². The fourth-order valence-electron chi connectivity index (χ4n) is 6.15. The van der Waals surface area contributed by atoms with Crippen LogP contribution in [-0.2, 0) is 4.79 Å². The van der Waals surface area contributed by atoms with E-state index in [9.17, 15) is 9.90 Å². The number of benzene rings is 1. The van der Waals surface area contributed by atoms with Gasteiger partial charge in [0.1, 0.15) is 23.8 Å². The smallest absolute Gasteiger partial charge is 0.246 e. The Labute approximate surface area is 262 Å². The van der Waals surface area contributed by atoms with Gasteiger partial charge in [-0.05, 0) is 50.0 Å². The van der Waals surface area contributed by atoms with Crippen LogP contribution in [0.2, 0.25) is 5.02 Å². The van der Waals surface area contributed by atoms with Gasteiger partial charge in [-0.3, -0.25) is 9.69 Å². The standard InChI is InChI=1S/C32H38ClFN8O2/c1-8-24(43)41-18(6)13-40(14-19(41)7)30-20-12-21(33)28(25-22(34)10-9-11-23(25)35)38-31(20)42(32(44)39-30)29-26(16(2)3)36-15-37-27(29)17(4)5/h8-12,15-19,32,44H,1,13-14,35H2,2-7H3. The summed E-state index contributed by atoms with van der Waals surface area (Å²) in [6.45, 7) is 16.5. The molecule has 5 rings (SSSR count). The fourth-order valence-corrected chi connectivity index (χ4v) is 6.39. The number of hydrogen-bond donors (Lipinski definition) is 2. The van der Waals surface area contributed by atoms with Crippen LogP contribution in [0, 0.1) is 5.82 Å². The molecule has 3 atom stereocenters. The highest BCUT2D eigenvalue weighted by molar-refractivity contribution is 6.34. The third-order valence-corrected chi connectivity index (χ3v) is 8.33. The molecule has 2 aliphatic heterocycles. The molecule has 1 amide bonds. The minimum Gasteiger partial charge on any atom is -0.398 e. The second-order valence-electron chi connectivity index (χ2n) is 11.9. The molecule has 3 unspecified atom stereocenters. The Hall–Kier alpha value is -4.09. The van der Waals surface area contributed by atoms with Gasteiger partial charge in [0.05, 0.1) is 38.9 Å². The lowest BCUT2D eigenvalue weighted by atomic mass is 9.99. The third-order valence-electron chi connectivity index (χ3n) is 8.04. The Morgan fingerprint density at radius 1 is 1.14 bits per heavy atom. The van der Waals surface area contributed by atoms with Gasteiger partial charge in [-0.15, -0.1) is 0 Å². The van der Waals surface area contributed by atoms with Crippen LogP contribution >= 0.6 is 11.6 Å². The molecule has 0 radical (unpaired) electrons. The van der Waals surface area contributed by atoms with Crippen molar-refractivity contribution < 1.29 is 14.3 Å². The summed E-state index contributed by atoms with van der Waals surface area (Å²) in [5, 5.41) is 12.0. The number of halogens is 2. The predicted molar refractivity (Wildman–Crippen MR) is 171 cm³/mol. The number of carbonyl (C=O) groups is 1. The molecule has 12 heteroatoms. The summed E-state index contributed by atoms with van der Waals surface area (Å²) in [4.78, 5) is 36.9. The molecule has 3 aromatic rings. The number of aliphatic imine (C=N–C) groups is 1. The zero-order chi connectivity index (χ0) is 32.0. The molecule has 3 N–H and O–H groups in total. The van der Waals surface area contributed by atoms with Crippen molar-refractivity contribution in [3.63, 3.8) is 0 Å². The number of nitrogens with two attached hydrogens (primary N) is 1. The highest BCUT2D eigenvalue weighted by atomic mass is 35.5. The molecular weight excluding hydrogens is 583 g/mol. The number of aliphatic hydroxyl groups is 1. The average Bonchev–Trinajstić information content (AvgIpc) is 2.96. The van der Waals surface area contributed by atoms with Crippen LogP contribution in [0.25, 0.3) is 11.3 Å². The van der Waals surface area contributed by atoms with Gasteiger partial charge in [0.25, 0.3) is 0 Å². The van der Waals surface area contributed by atoms with E-state index in [4.69, 9.17) is 27.3 Å². The van der Waals surface area contributed by atoms with Crippen LogP contribution in [0.5, 0.6) is 0 Å². The lowest BCUT2D eigenvalue weighted by Crippen LogP contribution is -2.60. The number of nitrogen functional groups attached to an aromatic ring is 1. The van der Waals surface area contributed by atoms with Gasteiger partial charge in [-0.1, -0.05) is 51.9 Å². The van der Waals surface area contributed by atoms with Gasteiger partial charge in [0, 0.05) is 30.9 Å². The number of pyridine rings is 1. The number of rotatable bonds is 5. The molecule has 44 heavy (non-hydrogen) atoms. The molecule has 0 spiro atoms. The van der Waals surface area contributed by atoms with Crippen LogP contribution < -0.4 is 10.6 Å². The molecule has 1 aromatic carbocycles. The number of fused-ring (bicyclic) bond motifs is 1. The van der Waals surface area contributed by atoms with E-state index < -0.39 is 12.2 Å². The lowest BCUT2D eigenvalue weighted by Gasteiger charge is -2.46. The number of amidine groups is 1. The lowest BCUT2D eigenvalue weighted by molar-refractivity contribution is -0.132. The summed E-state index contributed by atoms with van der Waals surface area (Å²) in [6.07, 6.45) is 1.42. The molecule has 0 saturated carbocycles. The van der Waals surface area contributed by atoms with E-state index in [0.717, 1.165) is 0 Å². The zero-order valence-corrected chi connectivity index (χ0v) is 26.5. The van der Waals surface area contributed by atoms with Gasteiger partial charge >= 0.3 is 0 Å². The van der Waals surface area contributed by atoms with E-state index in [0.29, 0.717) is 47.4 Å². The van der Waals surface area contributed by atoms with Crippen molar-refractivity contribution in [1.29, 1.82) is 0 Å². The maximum absolute atomic E-state index is 15.2. The van der Waals surface area contributed by atoms with Crippen molar-refractivity contribution >= 4 is 40.5 Å². The molecule has 1 fully saturated rings. The second-order valence-corrected chi connectivity index (χ2v) is 12.3. The summed E-state index contributed by atoms with van der Waals surface area (Å²) in [6, 6.07) is 5.75. The number of anilines is 3. The Kier molecular flexibility index (Phi) is 8.64. The zero-order valence-electron chi connectivity index (χ0n) is 25.8. The molecule has 1 saturated heterocycles. The molecule has 4 heterocycles. The van der Waals surface area contributed by atoms with Crippen LogP contribution in [0.3, 0.4) is 0 Å². The first-order valence-corrected chi connectivity index (χ1v) is 15.1. The predicted octanol–water partition coefficient (Wildman–Crippen LogP) is 5.44. The van der Waals surface area contributed by atoms with Crippen LogP contribution in [0.4, 0.5) is 21.6 Å². The second kappa shape index (κ2) is 12.1. The average molecular weight is 621 g/mol. The number of hydrogen-bond acceptors (Lipinski definition) is 9. The topological polar surface area (TPSA) is 124 Å². The molecule has 232 valence electrons. The van der Waals surface area contributed by atoms with Gasteiger partial charge in [-0.2, -0.15) is 0 Å². The molecule has 2 aromatic heterocycles. The Morgan fingerprint density at radius 3 is 2.30 bits per heavy atom. The minimum atomic E-state index is -1.42. The van der Waals surface area contributed by atoms with E-state index in [1.54, 1.807) is 21.9 Å². The number of piperazine rings is 1. The summed E-state index contributed by atoms with van der Waals surface area (Å²) in [7, 11) is 0. The molecular formula is C32H38ClFN8O2. The summed E-state index contributed by atoms with van der Waals surface area (Å²) < 4.78 is 15.2. The number of nitrogens with zero attached hydrogens (tertiary/aromatic N) is 7. The third kappa shape index (κ3) is 5.39. The maximum Gasteiger partial charge on any atom is 0.246 e. The first-order chi connectivity index (χ1) is 20.8. The largest absolute Gasteiger partial charge is 0.398 e. The van der Waals surface area contributed by atoms with E-state index >= 15 is 4.39 Å². The monoisotopic (exact) mass is 620 g/mol. The minimum absolute atomic E-state index is 0.0299. The van der Waals surface area contributed by atoms with Crippen LogP contribution in [0.1, 0.15) is 70.3 Å². The van der Waals surface area contributed by atoms with E-state index in [-0.39, 0.29) is 51.8 Å². The van der Waals surface area contributed by atoms with E-state index in [2.05, 4.69) is 16.5 Å². The Balaban J connectivity index is 1.76. The van der Waals surface area contributed by atoms with Gasteiger partial charge in [-0.25, -0.2) is 24.3 Å². The Morgan fingerprint density at radius 2 is 1.75 bits per heavy atom. The fraction of sp³-hybridized carbons (Fsp3) is 0.406.